The Morgan fingerprint density at radius 2 is 1.05 bits per heavy atom. The van der Waals surface area contributed by atoms with E-state index in [0.29, 0.717) is 11.1 Å². The second kappa shape index (κ2) is 9.22. The van der Waals surface area contributed by atoms with Crippen LogP contribution in [0.15, 0.2) is 30.3 Å². The summed E-state index contributed by atoms with van der Waals surface area (Å²) in [6.07, 6.45) is 0. The molecular formula is C18H25F3. The lowest BCUT2D eigenvalue weighted by atomic mass is 10.1. The molecular weight excluding hydrogens is 273 g/mol. The maximum atomic E-state index is 12.6. The van der Waals surface area contributed by atoms with Crippen molar-refractivity contribution in [3.05, 3.63) is 70.0 Å². The molecule has 118 valence electrons. The molecule has 0 fully saturated rings. The van der Waals surface area contributed by atoms with Gasteiger partial charge in [0.2, 0.25) is 0 Å². The Morgan fingerprint density at radius 1 is 0.619 bits per heavy atom. The molecule has 2 rings (SSSR count). The largest absolute Gasteiger partial charge is 0.207 e. The number of halogens is 3. The van der Waals surface area contributed by atoms with Crippen molar-refractivity contribution in [2.75, 3.05) is 0 Å². The van der Waals surface area contributed by atoms with Gasteiger partial charge < -0.3 is 0 Å². The van der Waals surface area contributed by atoms with Gasteiger partial charge >= 0.3 is 0 Å². The van der Waals surface area contributed by atoms with Crippen molar-refractivity contribution in [3.63, 3.8) is 0 Å². The summed E-state index contributed by atoms with van der Waals surface area (Å²) in [5.74, 6) is -1.06. The zero-order valence-corrected chi connectivity index (χ0v) is 11.5. The zero-order chi connectivity index (χ0) is 14.6. The Hall–Kier alpha value is -1.77. The Labute approximate surface area is 126 Å². The zero-order valence-electron chi connectivity index (χ0n) is 11.5. The molecule has 0 aromatic heterocycles. The second-order valence-electron chi connectivity index (χ2n) is 4.61. The third-order valence-corrected chi connectivity index (χ3v) is 2.75. The molecule has 2 aromatic carbocycles. The molecule has 21 heavy (non-hydrogen) atoms. The fraction of sp³-hybridized carbons (Fsp3) is 0.333. The Balaban J connectivity index is 0. The van der Waals surface area contributed by atoms with Gasteiger partial charge in [0.05, 0.1) is 0 Å². The van der Waals surface area contributed by atoms with Gasteiger partial charge in [-0.25, -0.2) is 13.2 Å². The molecule has 0 N–H and O–H groups in total. The van der Waals surface area contributed by atoms with E-state index in [4.69, 9.17) is 0 Å². The van der Waals surface area contributed by atoms with Crippen LogP contribution in [0.25, 0.3) is 0 Å². The molecule has 0 radical (unpaired) electrons. The van der Waals surface area contributed by atoms with Crippen molar-refractivity contribution in [1.82, 2.24) is 0 Å². The van der Waals surface area contributed by atoms with E-state index in [9.17, 15) is 13.2 Å². The number of rotatable bonds is 0. The first-order valence-corrected chi connectivity index (χ1v) is 5.96. The fourth-order valence-corrected chi connectivity index (χ4v) is 1.47. The summed E-state index contributed by atoms with van der Waals surface area (Å²) >= 11 is 0. The van der Waals surface area contributed by atoms with Crippen molar-refractivity contribution in [3.8, 4) is 0 Å². The average Bonchev–Trinajstić information content (AvgIpc) is 2.32. The molecule has 0 spiro atoms. The molecule has 2 aromatic rings. The lowest BCUT2D eigenvalue weighted by Gasteiger charge is -1.98. The van der Waals surface area contributed by atoms with Crippen LogP contribution in [-0.4, -0.2) is 0 Å². The van der Waals surface area contributed by atoms with E-state index >= 15 is 0 Å². The highest BCUT2D eigenvalue weighted by atomic mass is 19.1. The molecule has 0 unspecified atom stereocenters. The molecule has 0 aliphatic heterocycles. The predicted molar refractivity (Wildman–Crippen MR) is 85.2 cm³/mol. The standard InChI is InChI=1S/C8H8F2.C8H9F.2CH4/c1-5-3-7(9)6(2)8(10)4-5;1-6-3-4-7(2)8(9)5-6;;/h3-4H,1-2H3;3-5H,1-2H3;2*1H4. The van der Waals surface area contributed by atoms with Crippen LogP contribution in [0.1, 0.15) is 37.1 Å². The summed E-state index contributed by atoms with van der Waals surface area (Å²) in [5.41, 5.74) is 2.38. The fourth-order valence-electron chi connectivity index (χ4n) is 1.47. The van der Waals surface area contributed by atoms with E-state index in [1.165, 1.54) is 25.1 Å². The molecule has 0 atom stereocenters. The molecule has 0 heterocycles. The van der Waals surface area contributed by atoms with Crippen LogP contribution in [0.4, 0.5) is 13.2 Å². The van der Waals surface area contributed by atoms with Gasteiger partial charge in [-0.2, -0.15) is 0 Å². The lowest BCUT2D eigenvalue weighted by Crippen LogP contribution is -1.88. The molecule has 0 nitrogen and oxygen atoms in total. The Morgan fingerprint density at radius 3 is 1.43 bits per heavy atom. The van der Waals surface area contributed by atoms with Crippen molar-refractivity contribution >= 4 is 0 Å². The van der Waals surface area contributed by atoms with Crippen LogP contribution in [0, 0.1) is 45.1 Å². The smallest absolute Gasteiger partial charge is 0.129 e. The third kappa shape index (κ3) is 6.48. The van der Waals surface area contributed by atoms with E-state index in [-0.39, 0.29) is 26.2 Å². The van der Waals surface area contributed by atoms with Gasteiger partial charge in [-0.3, -0.25) is 0 Å². The molecule has 0 aliphatic carbocycles. The average molecular weight is 298 g/mol. The Bertz CT molecular complexity index is 552. The van der Waals surface area contributed by atoms with Crippen molar-refractivity contribution in [2.24, 2.45) is 0 Å². The first-order chi connectivity index (χ1) is 8.81. The summed E-state index contributed by atoms with van der Waals surface area (Å²) in [7, 11) is 0. The molecule has 0 bridgehead atoms. The summed E-state index contributed by atoms with van der Waals surface area (Å²) in [5, 5.41) is 0. The molecule has 0 amide bonds. The van der Waals surface area contributed by atoms with Crippen molar-refractivity contribution in [2.45, 2.75) is 42.5 Å². The molecule has 0 saturated carbocycles. The SMILES string of the molecule is C.C.Cc1cc(F)c(C)c(F)c1.Cc1ccc(C)c(F)c1. The summed E-state index contributed by atoms with van der Waals surface area (Å²) in [6.45, 7) is 6.72. The van der Waals surface area contributed by atoms with E-state index in [1.807, 2.05) is 13.0 Å². The lowest BCUT2D eigenvalue weighted by molar-refractivity contribution is 0.566. The number of hydrogen-bond donors (Lipinski definition) is 0. The normalized spacial score (nSPS) is 8.90. The van der Waals surface area contributed by atoms with Gasteiger partial charge in [0, 0.05) is 5.56 Å². The summed E-state index contributed by atoms with van der Waals surface area (Å²) in [4.78, 5) is 0. The van der Waals surface area contributed by atoms with Gasteiger partial charge in [-0.05, 0) is 62.6 Å². The van der Waals surface area contributed by atoms with Gasteiger partial charge in [0.1, 0.15) is 17.5 Å². The first-order valence-electron chi connectivity index (χ1n) is 5.96. The molecule has 0 aliphatic rings. The van der Waals surface area contributed by atoms with Crippen LogP contribution < -0.4 is 0 Å². The van der Waals surface area contributed by atoms with Gasteiger partial charge in [0.15, 0.2) is 0 Å². The van der Waals surface area contributed by atoms with Crippen LogP contribution in [-0.2, 0) is 0 Å². The second-order valence-corrected chi connectivity index (χ2v) is 4.61. The van der Waals surface area contributed by atoms with E-state index < -0.39 is 11.6 Å². The van der Waals surface area contributed by atoms with Gasteiger partial charge in [-0.1, -0.05) is 27.0 Å². The first kappa shape index (κ1) is 21.5. The van der Waals surface area contributed by atoms with Crippen LogP contribution in [0.2, 0.25) is 0 Å². The minimum atomic E-state index is -0.475. The van der Waals surface area contributed by atoms with Gasteiger partial charge in [0.25, 0.3) is 0 Å². The maximum Gasteiger partial charge on any atom is 0.129 e. The van der Waals surface area contributed by atoms with Crippen LogP contribution in [0.3, 0.4) is 0 Å². The topological polar surface area (TPSA) is 0 Å². The van der Waals surface area contributed by atoms with Crippen LogP contribution in [0.5, 0.6) is 0 Å². The number of benzene rings is 2. The highest BCUT2D eigenvalue weighted by Gasteiger charge is 2.02. The highest BCUT2D eigenvalue weighted by molar-refractivity contribution is 5.24. The highest BCUT2D eigenvalue weighted by Crippen LogP contribution is 2.12. The van der Waals surface area contributed by atoms with Gasteiger partial charge in [-0.15, -0.1) is 0 Å². The monoisotopic (exact) mass is 298 g/mol. The van der Waals surface area contributed by atoms with E-state index in [0.717, 1.165) is 5.56 Å². The summed E-state index contributed by atoms with van der Waals surface area (Å²) in [6, 6.07) is 7.86. The predicted octanol–water partition coefficient (Wildman–Crippen LogP) is 6.30. The molecule has 3 heteroatoms. The van der Waals surface area contributed by atoms with E-state index in [2.05, 4.69) is 0 Å². The minimum absolute atomic E-state index is 0. The Kier molecular flexibility index (Phi) is 9.45. The minimum Gasteiger partial charge on any atom is -0.207 e. The molecule has 0 saturated heterocycles. The van der Waals surface area contributed by atoms with Crippen molar-refractivity contribution in [1.29, 1.82) is 0 Å². The number of hydrogen-bond acceptors (Lipinski definition) is 0. The maximum absolute atomic E-state index is 12.6. The summed E-state index contributed by atoms with van der Waals surface area (Å²) < 4.78 is 37.8. The van der Waals surface area contributed by atoms with Crippen molar-refractivity contribution < 1.29 is 13.2 Å². The number of aryl methyl sites for hydroxylation is 3. The third-order valence-electron chi connectivity index (χ3n) is 2.75. The quantitative estimate of drug-likeness (QED) is 0.535. The van der Waals surface area contributed by atoms with Crippen LogP contribution >= 0.6 is 0 Å². The van der Waals surface area contributed by atoms with E-state index in [1.54, 1.807) is 19.9 Å².